The molecule has 0 radical (unpaired) electrons. The predicted octanol–water partition coefficient (Wildman–Crippen LogP) is 4.77. The Morgan fingerprint density at radius 2 is 1.87 bits per heavy atom. The zero-order valence-electron chi connectivity index (χ0n) is 17.8. The van der Waals surface area contributed by atoms with Crippen molar-refractivity contribution < 1.29 is 13.7 Å². The molecule has 3 aromatic rings. The topological polar surface area (TPSA) is 71.5 Å². The predicted molar refractivity (Wildman–Crippen MR) is 118 cm³/mol. The summed E-state index contributed by atoms with van der Waals surface area (Å²) in [6.07, 6.45) is 10.1. The van der Waals surface area contributed by atoms with Crippen LogP contribution in [0.25, 0.3) is 11.3 Å². The van der Waals surface area contributed by atoms with Crippen LogP contribution in [0, 0.1) is 0 Å². The number of furan rings is 1. The van der Waals surface area contributed by atoms with Crippen molar-refractivity contribution in [2.24, 2.45) is 0 Å². The Morgan fingerprint density at radius 1 is 1.03 bits per heavy atom. The molecule has 0 bridgehead atoms. The van der Waals surface area contributed by atoms with E-state index in [0.29, 0.717) is 18.0 Å². The molecule has 1 aromatic carbocycles. The Labute approximate surface area is 182 Å². The first-order chi connectivity index (χ1) is 15.3. The SMILES string of the molecule is O=C(NC[C@H](c1ccco1)N1CCCCC1)c1cc(-c2ccc3c(c2)CCCC3)on1. The Morgan fingerprint density at radius 3 is 2.68 bits per heavy atom. The molecule has 3 heterocycles. The molecule has 2 aliphatic rings. The highest BCUT2D eigenvalue weighted by atomic mass is 16.5. The van der Waals surface area contributed by atoms with E-state index < -0.39 is 0 Å². The minimum Gasteiger partial charge on any atom is -0.468 e. The molecule has 162 valence electrons. The van der Waals surface area contributed by atoms with E-state index in [1.165, 1.54) is 43.2 Å². The molecule has 0 saturated carbocycles. The van der Waals surface area contributed by atoms with E-state index in [1.807, 2.05) is 12.1 Å². The number of aryl methyl sites for hydroxylation is 2. The van der Waals surface area contributed by atoms with E-state index in [-0.39, 0.29) is 11.9 Å². The van der Waals surface area contributed by atoms with Gasteiger partial charge in [0.2, 0.25) is 0 Å². The number of carbonyl (C=O) groups is 1. The molecule has 1 atom stereocenters. The van der Waals surface area contributed by atoms with Crippen LogP contribution in [0.4, 0.5) is 0 Å². The number of likely N-dealkylation sites (tertiary alicyclic amines) is 1. The first-order valence-electron chi connectivity index (χ1n) is 11.4. The number of amides is 1. The van der Waals surface area contributed by atoms with Crippen molar-refractivity contribution in [2.75, 3.05) is 19.6 Å². The van der Waals surface area contributed by atoms with Crippen LogP contribution < -0.4 is 5.32 Å². The Kier molecular flexibility index (Phi) is 5.89. The highest BCUT2D eigenvalue weighted by Crippen LogP contribution is 2.28. The van der Waals surface area contributed by atoms with Crippen molar-refractivity contribution >= 4 is 5.91 Å². The average Bonchev–Trinajstić information content (AvgIpc) is 3.52. The maximum atomic E-state index is 12.8. The molecule has 6 heteroatoms. The Hall–Kier alpha value is -2.86. The fourth-order valence-electron chi connectivity index (χ4n) is 4.81. The number of hydrogen-bond donors (Lipinski definition) is 1. The summed E-state index contributed by atoms with van der Waals surface area (Å²) in [5.74, 6) is 1.30. The fraction of sp³-hybridized carbons (Fsp3) is 0.440. The maximum Gasteiger partial charge on any atom is 0.273 e. The van der Waals surface area contributed by atoms with Gasteiger partial charge in [0.05, 0.1) is 12.3 Å². The summed E-state index contributed by atoms with van der Waals surface area (Å²) >= 11 is 0. The monoisotopic (exact) mass is 419 g/mol. The highest BCUT2D eigenvalue weighted by molar-refractivity contribution is 5.93. The largest absolute Gasteiger partial charge is 0.468 e. The van der Waals surface area contributed by atoms with E-state index in [1.54, 1.807) is 12.3 Å². The lowest BCUT2D eigenvalue weighted by Crippen LogP contribution is -2.40. The summed E-state index contributed by atoms with van der Waals surface area (Å²) in [5, 5.41) is 7.07. The fourth-order valence-corrected chi connectivity index (χ4v) is 4.81. The third kappa shape index (κ3) is 4.44. The van der Waals surface area contributed by atoms with Crippen molar-refractivity contribution in [3.63, 3.8) is 0 Å². The maximum absolute atomic E-state index is 12.8. The Balaban J connectivity index is 1.27. The zero-order chi connectivity index (χ0) is 21.0. The molecule has 1 aliphatic carbocycles. The van der Waals surface area contributed by atoms with Gasteiger partial charge in [0.15, 0.2) is 11.5 Å². The number of hydrogen-bond acceptors (Lipinski definition) is 5. The molecule has 0 unspecified atom stereocenters. The summed E-state index contributed by atoms with van der Waals surface area (Å²) in [7, 11) is 0. The van der Waals surface area contributed by atoms with Gasteiger partial charge in [-0.05, 0) is 80.9 Å². The lowest BCUT2D eigenvalue weighted by Gasteiger charge is -2.33. The van der Waals surface area contributed by atoms with Gasteiger partial charge in [0, 0.05) is 18.2 Å². The number of rotatable bonds is 6. The Bertz CT molecular complexity index is 1020. The van der Waals surface area contributed by atoms with Crippen molar-refractivity contribution in [2.45, 2.75) is 51.0 Å². The molecule has 2 aromatic heterocycles. The molecule has 0 spiro atoms. The number of fused-ring (bicyclic) bond motifs is 1. The number of aromatic nitrogens is 1. The number of piperidine rings is 1. The first-order valence-corrected chi connectivity index (χ1v) is 11.4. The van der Waals surface area contributed by atoms with Gasteiger partial charge in [-0.15, -0.1) is 0 Å². The third-order valence-electron chi connectivity index (χ3n) is 6.53. The van der Waals surface area contributed by atoms with Gasteiger partial charge in [-0.2, -0.15) is 0 Å². The van der Waals surface area contributed by atoms with Gasteiger partial charge in [-0.1, -0.05) is 23.7 Å². The van der Waals surface area contributed by atoms with Gasteiger partial charge < -0.3 is 14.3 Å². The van der Waals surface area contributed by atoms with E-state index >= 15 is 0 Å². The van der Waals surface area contributed by atoms with E-state index in [9.17, 15) is 4.79 Å². The molecule has 1 amide bonds. The smallest absolute Gasteiger partial charge is 0.273 e. The van der Waals surface area contributed by atoms with Gasteiger partial charge in [0.1, 0.15) is 5.76 Å². The van der Waals surface area contributed by atoms with Gasteiger partial charge in [-0.25, -0.2) is 0 Å². The second-order valence-corrected chi connectivity index (χ2v) is 8.60. The molecule has 1 N–H and O–H groups in total. The third-order valence-corrected chi connectivity index (χ3v) is 6.53. The summed E-state index contributed by atoms with van der Waals surface area (Å²) in [5.41, 5.74) is 4.10. The van der Waals surface area contributed by atoms with Crippen LogP contribution in [-0.2, 0) is 12.8 Å². The lowest BCUT2D eigenvalue weighted by atomic mass is 9.90. The van der Waals surface area contributed by atoms with Crippen LogP contribution in [0.3, 0.4) is 0 Å². The summed E-state index contributed by atoms with van der Waals surface area (Å²) in [6, 6.07) is 12.1. The van der Waals surface area contributed by atoms with E-state index in [2.05, 4.69) is 33.6 Å². The molecular formula is C25H29N3O3. The van der Waals surface area contributed by atoms with Crippen LogP contribution >= 0.6 is 0 Å². The summed E-state index contributed by atoms with van der Waals surface area (Å²) in [4.78, 5) is 15.2. The van der Waals surface area contributed by atoms with E-state index in [0.717, 1.165) is 37.3 Å². The average molecular weight is 420 g/mol. The number of benzene rings is 1. The van der Waals surface area contributed by atoms with Crippen LogP contribution in [0.1, 0.15) is 65.5 Å². The molecule has 1 saturated heterocycles. The minimum atomic E-state index is -0.221. The van der Waals surface area contributed by atoms with Crippen LogP contribution in [0.15, 0.2) is 51.6 Å². The molecular weight excluding hydrogens is 390 g/mol. The summed E-state index contributed by atoms with van der Waals surface area (Å²) in [6.45, 7) is 2.52. The standard InChI is InChI=1S/C25H29N3O3/c29-25(26-17-22(23-9-6-14-30-23)28-12-4-1-5-13-28)21-16-24(31-27-21)20-11-10-18-7-2-3-8-19(18)15-20/h6,9-11,14-16,22H,1-5,7-8,12-13,17H2,(H,26,29)/t22-/m1/s1. The zero-order valence-corrected chi connectivity index (χ0v) is 17.8. The summed E-state index contributed by atoms with van der Waals surface area (Å²) < 4.78 is 11.2. The van der Waals surface area contributed by atoms with Crippen molar-refractivity contribution in [3.05, 3.63) is 65.2 Å². The molecule has 1 fully saturated rings. The quantitative estimate of drug-likeness (QED) is 0.623. The lowest BCUT2D eigenvalue weighted by molar-refractivity contribution is 0.0905. The van der Waals surface area contributed by atoms with Crippen LogP contribution in [0.5, 0.6) is 0 Å². The van der Waals surface area contributed by atoms with Gasteiger partial charge >= 0.3 is 0 Å². The highest BCUT2D eigenvalue weighted by Gasteiger charge is 2.25. The molecule has 5 rings (SSSR count). The number of nitrogens with one attached hydrogen (secondary N) is 1. The van der Waals surface area contributed by atoms with E-state index in [4.69, 9.17) is 8.94 Å². The minimum absolute atomic E-state index is 0.0336. The normalized spacial score (nSPS) is 17.8. The van der Waals surface area contributed by atoms with Crippen molar-refractivity contribution in [3.8, 4) is 11.3 Å². The van der Waals surface area contributed by atoms with Gasteiger partial charge in [-0.3, -0.25) is 9.69 Å². The van der Waals surface area contributed by atoms with Crippen molar-refractivity contribution in [1.82, 2.24) is 15.4 Å². The van der Waals surface area contributed by atoms with Crippen molar-refractivity contribution in [1.29, 1.82) is 0 Å². The number of nitrogens with zero attached hydrogens (tertiary/aromatic N) is 2. The van der Waals surface area contributed by atoms with Gasteiger partial charge in [0.25, 0.3) is 5.91 Å². The second kappa shape index (κ2) is 9.10. The molecule has 31 heavy (non-hydrogen) atoms. The molecule has 6 nitrogen and oxygen atoms in total. The number of carbonyl (C=O) groups excluding carboxylic acids is 1. The second-order valence-electron chi connectivity index (χ2n) is 8.60. The van der Waals surface area contributed by atoms with Crippen LogP contribution in [0.2, 0.25) is 0 Å². The molecule has 1 aliphatic heterocycles. The first kappa shape index (κ1) is 20.1. The van der Waals surface area contributed by atoms with Crippen LogP contribution in [-0.4, -0.2) is 35.6 Å².